The number of carbonyl (C=O) groups excluding carboxylic acids is 1. The Morgan fingerprint density at radius 3 is 2.31 bits per heavy atom. The highest BCUT2D eigenvalue weighted by atomic mass is 32.2. The first-order valence-corrected chi connectivity index (χ1v) is 12.7. The molecule has 1 aliphatic heterocycles. The van der Waals surface area contributed by atoms with Gasteiger partial charge in [0.05, 0.1) is 5.41 Å². The highest BCUT2D eigenvalue weighted by Gasteiger charge is 2.35. The fourth-order valence-corrected chi connectivity index (χ4v) is 5.28. The Morgan fingerprint density at radius 1 is 1.09 bits per heavy atom. The summed E-state index contributed by atoms with van der Waals surface area (Å²) in [7, 11) is -3.58. The van der Waals surface area contributed by atoms with Crippen molar-refractivity contribution in [1.29, 1.82) is 0 Å². The second-order valence-corrected chi connectivity index (χ2v) is 10.6. The number of hydrogen-bond donors (Lipinski definition) is 1. The van der Waals surface area contributed by atoms with Gasteiger partial charge in [-0.05, 0) is 44.9 Å². The largest absolute Gasteiger partial charge is 0.353 e. The standard InChI is InChI=1S/C24H34N4O3S/c1-5-9-19(2)26-32(30,31)21-12-13-22(25-18-21)27-14-16-28(17-15-27)23(29)24(3,4)20-10-7-6-8-11-20/h6-8,10-13,18-19,26H,5,9,14-17H2,1-4H3. The van der Waals surface area contributed by atoms with E-state index in [1.54, 1.807) is 12.1 Å². The molecule has 1 amide bonds. The molecular formula is C24H34N4O3S. The van der Waals surface area contributed by atoms with Crippen molar-refractivity contribution in [3.63, 3.8) is 0 Å². The number of sulfonamides is 1. The van der Waals surface area contributed by atoms with Crippen LogP contribution in [0.5, 0.6) is 0 Å². The molecule has 0 radical (unpaired) electrons. The number of nitrogens with zero attached hydrogens (tertiary/aromatic N) is 3. The van der Waals surface area contributed by atoms with Crippen molar-refractivity contribution >= 4 is 21.7 Å². The van der Waals surface area contributed by atoms with Gasteiger partial charge in [-0.25, -0.2) is 18.1 Å². The maximum absolute atomic E-state index is 13.2. The second kappa shape index (κ2) is 10.0. The Kier molecular flexibility index (Phi) is 7.56. The summed E-state index contributed by atoms with van der Waals surface area (Å²) in [5.74, 6) is 0.838. The zero-order valence-electron chi connectivity index (χ0n) is 19.4. The predicted molar refractivity (Wildman–Crippen MR) is 127 cm³/mol. The fourth-order valence-electron chi connectivity index (χ4n) is 4.06. The Balaban J connectivity index is 1.61. The molecule has 0 bridgehead atoms. The molecule has 32 heavy (non-hydrogen) atoms. The molecule has 1 aromatic carbocycles. The summed E-state index contributed by atoms with van der Waals surface area (Å²) in [5, 5.41) is 0. The van der Waals surface area contributed by atoms with Crippen LogP contribution in [0.3, 0.4) is 0 Å². The van der Waals surface area contributed by atoms with Gasteiger partial charge in [0.1, 0.15) is 10.7 Å². The number of pyridine rings is 1. The lowest BCUT2D eigenvalue weighted by Gasteiger charge is -2.39. The molecule has 2 heterocycles. The zero-order chi connectivity index (χ0) is 23.4. The number of amides is 1. The molecule has 8 heteroatoms. The van der Waals surface area contributed by atoms with Gasteiger partial charge < -0.3 is 9.80 Å². The van der Waals surface area contributed by atoms with Crippen LogP contribution < -0.4 is 9.62 Å². The van der Waals surface area contributed by atoms with Crippen LogP contribution in [0.2, 0.25) is 0 Å². The first-order valence-electron chi connectivity index (χ1n) is 11.2. The molecule has 0 aliphatic carbocycles. The van der Waals surface area contributed by atoms with Crippen LogP contribution in [0.15, 0.2) is 53.6 Å². The number of nitrogens with one attached hydrogen (secondary N) is 1. The van der Waals surface area contributed by atoms with Crippen LogP contribution in [-0.4, -0.2) is 56.4 Å². The van der Waals surface area contributed by atoms with E-state index in [1.165, 1.54) is 6.20 Å². The van der Waals surface area contributed by atoms with E-state index in [0.717, 1.165) is 24.2 Å². The van der Waals surface area contributed by atoms with Crippen LogP contribution in [0.25, 0.3) is 0 Å². The van der Waals surface area contributed by atoms with Crippen LogP contribution in [0.1, 0.15) is 46.1 Å². The van der Waals surface area contributed by atoms with Gasteiger partial charge in [0.25, 0.3) is 0 Å². The van der Waals surface area contributed by atoms with Gasteiger partial charge in [-0.15, -0.1) is 0 Å². The molecule has 0 spiro atoms. The lowest BCUT2D eigenvalue weighted by molar-refractivity contribution is -0.136. The summed E-state index contributed by atoms with van der Waals surface area (Å²) in [6.07, 6.45) is 3.11. The minimum absolute atomic E-state index is 0.115. The third kappa shape index (κ3) is 5.48. The monoisotopic (exact) mass is 458 g/mol. The smallest absolute Gasteiger partial charge is 0.242 e. The Bertz CT molecular complexity index is 999. The Morgan fingerprint density at radius 2 is 1.75 bits per heavy atom. The highest BCUT2D eigenvalue weighted by Crippen LogP contribution is 2.26. The summed E-state index contributed by atoms with van der Waals surface area (Å²) < 4.78 is 27.7. The van der Waals surface area contributed by atoms with Gasteiger partial charge in [-0.3, -0.25) is 4.79 Å². The van der Waals surface area contributed by atoms with Gasteiger partial charge in [-0.1, -0.05) is 43.7 Å². The van der Waals surface area contributed by atoms with E-state index in [2.05, 4.69) is 14.6 Å². The van der Waals surface area contributed by atoms with Crippen molar-refractivity contribution in [2.45, 2.75) is 56.9 Å². The number of rotatable bonds is 8. The molecule has 7 nitrogen and oxygen atoms in total. The van der Waals surface area contributed by atoms with Gasteiger partial charge in [-0.2, -0.15) is 0 Å². The van der Waals surface area contributed by atoms with Crippen molar-refractivity contribution in [1.82, 2.24) is 14.6 Å². The molecular weight excluding hydrogens is 424 g/mol. The summed E-state index contributed by atoms with van der Waals surface area (Å²) in [4.78, 5) is 21.7. The molecule has 1 fully saturated rings. The number of hydrogen-bond acceptors (Lipinski definition) is 5. The molecule has 1 unspecified atom stereocenters. The lowest BCUT2D eigenvalue weighted by atomic mass is 9.83. The fraction of sp³-hybridized carbons (Fsp3) is 0.500. The first kappa shape index (κ1) is 24.2. The van der Waals surface area contributed by atoms with Crippen molar-refractivity contribution in [2.24, 2.45) is 0 Å². The molecule has 2 aromatic rings. The third-order valence-electron chi connectivity index (χ3n) is 6.03. The van der Waals surface area contributed by atoms with Crippen molar-refractivity contribution in [3.05, 3.63) is 54.2 Å². The quantitative estimate of drug-likeness (QED) is 0.657. The molecule has 1 atom stereocenters. The molecule has 1 saturated heterocycles. The van der Waals surface area contributed by atoms with Gasteiger partial charge in [0.15, 0.2) is 0 Å². The van der Waals surface area contributed by atoms with Crippen molar-refractivity contribution < 1.29 is 13.2 Å². The number of carbonyl (C=O) groups is 1. The zero-order valence-corrected chi connectivity index (χ0v) is 20.2. The number of aromatic nitrogens is 1. The Labute approximate surface area is 191 Å². The third-order valence-corrected chi connectivity index (χ3v) is 7.60. The summed E-state index contributed by atoms with van der Waals surface area (Å²) >= 11 is 0. The lowest BCUT2D eigenvalue weighted by Crippen LogP contribution is -2.53. The van der Waals surface area contributed by atoms with Crippen molar-refractivity contribution in [3.8, 4) is 0 Å². The van der Waals surface area contributed by atoms with Gasteiger partial charge in [0, 0.05) is 38.4 Å². The minimum Gasteiger partial charge on any atom is -0.353 e. The van der Waals surface area contributed by atoms with E-state index in [4.69, 9.17) is 0 Å². The molecule has 0 saturated carbocycles. The van der Waals surface area contributed by atoms with Crippen LogP contribution >= 0.6 is 0 Å². The summed E-state index contributed by atoms with van der Waals surface area (Å²) in [5.41, 5.74) is 0.423. The average molecular weight is 459 g/mol. The SMILES string of the molecule is CCCC(C)NS(=O)(=O)c1ccc(N2CCN(C(=O)C(C)(C)c3ccccc3)CC2)nc1. The van der Waals surface area contributed by atoms with E-state index >= 15 is 0 Å². The number of benzene rings is 1. The molecule has 1 N–H and O–H groups in total. The van der Waals surface area contributed by atoms with Crippen LogP contribution in [0, 0.1) is 0 Å². The normalized spacial score (nSPS) is 16.1. The van der Waals surface area contributed by atoms with Crippen molar-refractivity contribution in [2.75, 3.05) is 31.1 Å². The minimum atomic E-state index is -3.58. The van der Waals surface area contributed by atoms with E-state index in [1.807, 2.05) is 62.9 Å². The maximum atomic E-state index is 13.2. The van der Waals surface area contributed by atoms with Crippen LogP contribution in [-0.2, 0) is 20.2 Å². The predicted octanol–water partition coefficient (Wildman–Crippen LogP) is 3.17. The summed E-state index contributed by atoms with van der Waals surface area (Å²) in [6, 6.07) is 13.1. The van der Waals surface area contributed by atoms with Gasteiger partial charge >= 0.3 is 0 Å². The molecule has 3 rings (SSSR count). The molecule has 1 aliphatic rings. The van der Waals surface area contributed by atoms with Gasteiger partial charge in [0.2, 0.25) is 15.9 Å². The maximum Gasteiger partial charge on any atom is 0.242 e. The van der Waals surface area contributed by atoms with E-state index in [0.29, 0.717) is 26.2 Å². The number of anilines is 1. The molecule has 174 valence electrons. The van der Waals surface area contributed by atoms with E-state index < -0.39 is 15.4 Å². The summed E-state index contributed by atoms with van der Waals surface area (Å²) in [6.45, 7) is 10.3. The first-order chi connectivity index (χ1) is 15.1. The second-order valence-electron chi connectivity index (χ2n) is 8.93. The van der Waals surface area contributed by atoms with E-state index in [-0.39, 0.29) is 16.8 Å². The van der Waals surface area contributed by atoms with Crippen LogP contribution in [0.4, 0.5) is 5.82 Å². The Hall–Kier alpha value is -2.45. The topological polar surface area (TPSA) is 82.6 Å². The molecule has 1 aromatic heterocycles. The van der Waals surface area contributed by atoms with E-state index in [9.17, 15) is 13.2 Å². The average Bonchev–Trinajstić information content (AvgIpc) is 2.79. The highest BCUT2D eigenvalue weighted by molar-refractivity contribution is 7.89. The number of piperazine rings is 1.